The molecule has 0 bridgehead atoms. The van der Waals surface area contributed by atoms with Crippen molar-refractivity contribution in [2.75, 3.05) is 26.2 Å². The zero-order valence-electron chi connectivity index (χ0n) is 11.0. The number of amides is 1. The van der Waals surface area contributed by atoms with Gasteiger partial charge in [-0.3, -0.25) is 4.79 Å². The molecule has 1 atom stereocenters. The van der Waals surface area contributed by atoms with Crippen molar-refractivity contribution in [2.24, 2.45) is 5.73 Å². The van der Waals surface area contributed by atoms with Crippen molar-refractivity contribution >= 4 is 17.2 Å². The Morgan fingerprint density at radius 3 is 3.26 bits per heavy atom. The molecule has 2 heterocycles. The first-order valence-corrected chi connectivity index (χ1v) is 7.31. The molecule has 102 valence electrons. The summed E-state index contributed by atoms with van der Waals surface area (Å²) in [5.41, 5.74) is 6.15. The van der Waals surface area contributed by atoms with Crippen LogP contribution in [0.2, 0.25) is 0 Å². The Morgan fingerprint density at radius 1 is 1.68 bits per heavy atom. The number of thiophene rings is 1. The number of nitrogens with two attached hydrogens (primary N) is 1. The topological polar surface area (TPSA) is 55.6 Å². The van der Waals surface area contributed by atoms with Gasteiger partial charge in [-0.2, -0.15) is 0 Å². The Labute approximate surface area is 117 Å². The highest BCUT2D eigenvalue weighted by Gasteiger charge is 2.25. The van der Waals surface area contributed by atoms with Gasteiger partial charge in [0, 0.05) is 18.7 Å². The van der Waals surface area contributed by atoms with Gasteiger partial charge in [-0.05, 0) is 17.9 Å². The zero-order chi connectivity index (χ0) is 13.7. The van der Waals surface area contributed by atoms with Crippen LogP contribution in [0, 0.1) is 11.8 Å². The van der Waals surface area contributed by atoms with Crippen LogP contribution < -0.4 is 5.73 Å². The maximum Gasteiger partial charge on any atom is 0.265 e. The van der Waals surface area contributed by atoms with Gasteiger partial charge in [-0.25, -0.2) is 0 Å². The van der Waals surface area contributed by atoms with Crippen molar-refractivity contribution < 1.29 is 9.53 Å². The SMILES string of the molecule is CCC1CN(C(=O)c2sccc2C#CCN)CCO1. The number of carbonyl (C=O) groups excluding carboxylic acids is 1. The van der Waals surface area contributed by atoms with Gasteiger partial charge in [0.05, 0.1) is 19.3 Å². The summed E-state index contributed by atoms with van der Waals surface area (Å²) in [6, 6.07) is 1.87. The van der Waals surface area contributed by atoms with E-state index in [0.717, 1.165) is 12.0 Å². The lowest BCUT2D eigenvalue weighted by atomic mass is 10.2. The summed E-state index contributed by atoms with van der Waals surface area (Å²) in [5.74, 6) is 5.81. The first-order chi connectivity index (χ1) is 9.26. The predicted molar refractivity (Wildman–Crippen MR) is 76.2 cm³/mol. The van der Waals surface area contributed by atoms with E-state index in [1.54, 1.807) is 0 Å². The molecule has 0 saturated carbocycles. The first-order valence-electron chi connectivity index (χ1n) is 6.43. The number of nitrogens with zero attached hydrogens (tertiary/aromatic N) is 1. The molecule has 2 N–H and O–H groups in total. The predicted octanol–water partition coefficient (Wildman–Crippen LogP) is 1.31. The van der Waals surface area contributed by atoms with Crippen molar-refractivity contribution in [2.45, 2.75) is 19.4 Å². The van der Waals surface area contributed by atoms with Crippen molar-refractivity contribution in [1.82, 2.24) is 4.90 Å². The fourth-order valence-corrected chi connectivity index (χ4v) is 2.83. The number of hydrogen-bond donors (Lipinski definition) is 1. The molecule has 2 rings (SSSR count). The summed E-state index contributed by atoms with van der Waals surface area (Å²) in [6.07, 6.45) is 1.07. The molecule has 0 spiro atoms. The van der Waals surface area contributed by atoms with Crippen LogP contribution in [-0.2, 0) is 4.74 Å². The largest absolute Gasteiger partial charge is 0.375 e. The van der Waals surface area contributed by atoms with Crippen LogP contribution in [0.1, 0.15) is 28.6 Å². The fourth-order valence-electron chi connectivity index (χ4n) is 2.01. The molecule has 1 fully saturated rings. The Kier molecular flexibility index (Phi) is 4.97. The molecule has 1 aromatic heterocycles. The molecular weight excluding hydrogens is 260 g/mol. The molecule has 0 aromatic carbocycles. The van der Waals surface area contributed by atoms with Gasteiger partial charge in [-0.15, -0.1) is 11.3 Å². The van der Waals surface area contributed by atoms with E-state index in [0.29, 0.717) is 31.1 Å². The molecule has 1 saturated heterocycles. The van der Waals surface area contributed by atoms with Crippen LogP contribution in [0.15, 0.2) is 11.4 Å². The lowest BCUT2D eigenvalue weighted by Gasteiger charge is -2.32. The highest BCUT2D eigenvalue weighted by Crippen LogP contribution is 2.20. The zero-order valence-corrected chi connectivity index (χ0v) is 11.8. The maximum absolute atomic E-state index is 12.5. The molecule has 1 amide bonds. The average Bonchev–Trinajstić information content (AvgIpc) is 2.92. The third-order valence-electron chi connectivity index (χ3n) is 3.07. The summed E-state index contributed by atoms with van der Waals surface area (Å²) < 4.78 is 5.59. The summed E-state index contributed by atoms with van der Waals surface area (Å²) in [5, 5.41) is 1.89. The quantitative estimate of drug-likeness (QED) is 0.830. The van der Waals surface area contributed by atoms with E-state index in [2.05, 4.69) is 18.8 Å². The Bertz CT molecular complexity index is 501. The van der Waals surface area contributed by atoms with E-state index in [4.69, 9.17) is 10.5 Å². The molecule has 1 aliphatic heterocycles. The maximum atomic E-state index is 12.5. The lowest BCUT2D eigenvalue weighted by Crippen LogP contribution is -2.45. The third kappa shape index (κ3) is 3.35. The second-order valence-corrected chi connectivity index (χ2v) is 5.24. The van der Waals surface area contributed by atoms with Crippen molar-refractivity contribution in [3.8, 4) is 11.8 Å². The van der Waals surface area contributed by atoms with Crippen LogP contribution >= 0.6 is 11.3 Å². The standard InChI is InChI=1S/C14H18N2O2S/c1-2-12-10-16(7-8-18-12)14(17)13-11(4-3-6-15)5-9-19-13/h5,9,12H,2,6-8,10,15H2,1H3. The fraction of sp³-hybridized carbons (Fsp3) is 0.500. The Hall–Kier alpha value is -1.35. The molecule has 0 radical (unpaired) electrons. The Balaban J connectivity index is 2.13. The van der Waals surface area contributed by atoms with Crippen LogP contribution in [0.4, 0.5) is 0 Å². The second-order valence-electron chi connectivity index (χ2n) is 4.32. The smallest absolute Gasteiger partial charge is 0.265 e. The highest BCUT2D eigenvalue weighted by molar-refractivity contribution is 7.12. The van der Waals surface area contributed by atoms with E-state index in [9.17, 15) is 4.79 Å². The van der Waals surface area contributed by atoms with Gasteiger partial charge in [0.15, 0.2) is 0 Å². The monoisotopic (exact) mass is 278 g/mol. The molecule has 19 heavy (non-hydrogen) atoms. The minimum Gasteiger partial charge on any atom is -0.375 e. The van der Waals surface area contributed by atoms with Gasteiger partial charge in [0.2, 0.25) is 0 Å². The second kappa shape index (κ2) is 6.71. The number of hydrogen-bond acceptors (Lipinski definition) is 4. The van der Waals surface area contributed by atoms with E-state index in [1.165, 1.54) is 11.3 Å². The van der Waals surface area contributed by atoms with Crippen molar-refractivity contribution in [1.29, 1.82) is 0 Å². The van der Waals surface area contributed by atoms with Gasteiger partial charge in [0.1, 0.15) is 4.88 Å². The molecular formula is C14H18N2O2S. The average molecular weight is 278 g/mol. The van der Waals surface area contributed by atoms with E-state index >= 15 is 0 Å². The summed E-state index contributed by atoms with van der Waals surface area (Å²) >= 11 is 1.44. The molecule has 0 aliphatic carbocycles. The highest BCUT2D eigenvalue weighted by atomic mass is 32.1. The normalized spacial score (nSPS) is 18.8. The summed E-state index contributed by atoms with van der Waals surface area (Å²) in [7, 11) is 0. The van der Waals surface area contributed by atoms with Crippen LogP contribution in [0.3, 0.4) is 0 Å². The summed E-state index contributed by atoms with van der Waals surface area (Å²) in [6.45, 7) is 4.30. The van der Waals surface area contributed by atoms with Crippen molar-refractivity contribution in [3.63, 3.8) is 0 Å². The number of ether oxygens (including phenoxy) is 1. The van der Waals surface area contributed by atoms with Crippen molar-refractivity contribution in [3.05, 3.63) is 21.9 Å². The third-order valence-corrected chi connectivity index (χ3v) is 3.97. The minimum absolute atomic E-state index is 0.0538. The van der Waals surface area contributed by atoms with Gasteiger partial charge >= 0.3 is 0 Å². The molecule has 5 heteroatoms. The first kappa shape index (κ1) is 14.1. The number of carbonyl (C=O) groups is 1. The Morgan fingerprint density at radius 2 is 2.53 bits per heavy atom. The van der Waals surface area contributed by atoms with Gasteiger partial charge in [-0.1, -0.05) is 18.8 Å². The molecule has 1 aromatic rings. The van der Waals surface area contributed by atoms with Crippen LogP contribution in [0.5, 0.6) is 0 Å². The molecule has 4 nitrogen and oxygen atoms in total. The number of rotatable bonds is 2. The minimum atomic E-state index is 0.0538. The summed E-state index contributed by atoms with van der Waals surface area (Å²) in [4.78, 5) is 15.1. The lowest BCUT2D eigenvalue weighted by molar-refractivity contribution is -0.0224. The molecule has 1 unspecified atom stereocenters. The van der Waals surface area contributed by atoms with E-state index in [-0.39, 0.29) is 12.0 Å². The van der Waals surface area contributed by atoms with Crippen LogP contribution in [0.25, 0.3) is 0 Å². The van der Waals surface area contributed by atoms with Crippen LogP contribution in [-0.4, -0.2) is 43.2 Å². The van der Waals surface area contributed by atoms with Gasteiger partial charge < -0.3 is 15.4 Å². The number of morpholine rings is 1. The molecule has 1 aliphatic rings. The van der Waals surface area contributed by atoms with Gasteiger partial charge in [0.25, 0.3) is 5.91 Å². The van der Waals surface area contributed by atoms with E-state index < -0.39 is 0 Å². The van der Waals surface area contributed by atoms with E-state index in [1.807, 2.05) is 16.3 Å².